The molecule has 71 heavy (non-hydrogen) atoms. The predicted molar refractivity (Wildman–Crippen MR) is 254 cm³/mol. The van der Waals surface area contributed by atoms with Gasteiger partial charge in [0.2, 0.25) is 47.3 Å². The van der Waals surface area contributed by atoms with E-state index in [0.29, 0.717) is 32.2 Å². The van der Waals surface area contributed by atoms with Gasteiger partial charge in [-0.25, -0.2) is 4.79 Å². The number of aliphatic hydroxyl groups excluding tert-OH is 1. The number of aliphatic imine (C=N–C) groups is 1. The molecule has 0 fully saturated rings. The molecule has 0 aromatic heterocycles. The monoisotopic (exact) mass is 1020 g/mol. The Balaban J connectivity index is 6.14. The smallest absolute Gasteiger partial charge is 0.326 e. The molecular formula is C42H76N14O15. The molecule has 0 saturated heterocycles. The van der Waals surface area contributed by atoms with Crippen LogP contribution in [0.3, 0.4) is 0 Å². The summed E-state index contributed by atoms with van der Waals surface area (Å²) in [5.74, 6) is -12.3. The second kappa shape index (κ2) is 35.4. The molecule has 22 N–H and O–H groups in total. The van der Waals surface area contributed by atoms with Gasteiger partial charge in [-0.05, 0) is 90.1 Å². The highest BCUT2D eigenvalue weighted by Crippen LogP contribution is 2.10. The normalized spacial score (nSPS) is 14.3. The van der Waals surface area contributed by atoms with E-state index in [-0.39, 0.29) is 57.1 Å². The molecule has 0 heterocycles. The van der Waals surface area contributed by atoms with Crippen LogP contribution in [0.15, 0.2) is 4.99 Å². The zero-order chi connectivity index (χ0) is 54.2. The van der Waals surface area contributed by atoms with Crippen LogP contribution in [0, 0.1) is 5.92 Å². The summed E-state index contributed by atoms with van der Waals surface area (Å²) in [4.78, 5) is 145. The lowest BCUT2D eigenvalue weighted by Crippen LogP contribution is -2.60. The molecule has 0 unspecified atom stereocenters. The summed E-state index contributed by atoms with van der Waals surface area (Å²) in [5.41, 5.74) is 27.5. The van der Waals surface area contributed by atoms with Crippen molar-refractivity contribution in [3.8, 4) is 0 Å². The Hall–Kier alpha value is -6.72. The number of hydrogen-bond acceptors (Lipinski definition) is 16. The lowest BCUT2D eigenvalue weighted by atomic mass is 10.0. The highest BCUT2D eigenvalue weighted by Gasteiger charge is 2.34. The van der Waals surface area contributed by atoms with Crippen molar-refractivity contribution in [1.29, 1.82) is 0 Å². The minimum Gasteiger partial charge on any atom is -0.481 e. The van der Waals surface area contributed by atoms with Crippen molar-refractivity contribution in [3.05, 3.63) is 0 Å². The van der Waals surface area contributed by atoms with Crippen LogP contribution < -0.4 is 71.2 Å². The maximum Gasteiger partial charge on any atom is 0.326 e. The van der Waals surface area contributed by atoms with Gasteiger partial charge in [0, 0.05) is 19.4 Å². The van der Waals surface area contributed by atoms with E-state index < -0.39 is 152 Å². The van der Waals surface area contributed by atoms with Crippen LogP contribution in [-0.2, 0) is 52.7 Å². The summed E-state index contributed by atoms with van der Waals surface area (Å²) in [6.07, 6.45) is -0.328. The zero-order valence-electron chi connectivity index (χ0n) is 40.5. The van der Waals surface area contributed by atoms with Gasteiger partial charge >= 0.3 is 17.9 Å². The van der Waals surface area contributed by atoms with Crippen LogP contribution in [0.5, 0.6) is 0 Å². The van der Waals surface area contributed by atoms with Crippen LogP contribution in [-0.4, -0.2) is 173 Å². The van der Waals surface area contributed by atoms with Crippen LogP contribution >= 0.6 is 0 Å². The van der Waals surface area contributed by atoms with Gasteiger partial charge in [-0.15, -0.1) is 0 Å². The minimum atomic E-state index is -1.73. The molecule has 0 aliphatic carbocycles. The first-order valence-electron chi connectivity index (χ1n) is 23.2. The lowest BCUT2D eigenvalue weighted by Gasteiger charge is -2.27. The molecule has 8 atom stereocenters. The second-order valence-electron chi connectivity index (χ2n) is 17.0. The van der Waals surface area contributed by atoms with E-state index in [1.165, 1.54) is 0 Å². The number of nitrogens with one attached hydrogen (secondary N) is 8. The number of rotatable bonds is 38. The molecule has 404 valence electrons. The number of carboxylic acid groups (broad SMARTS) is 3. The molecule has 0 aromatic carbocycles. The van der Waals surface area contributed by atoms with E-state index in [0.717, 1.165) is 6.92 Å². The molecule has 0 aliphatic rings. The third kappa shape index (κ3) is 28.5. The number of amides is 8. The summed E-state index contributed by atoms with van der Waals surface area (Å²) >= 11 is 0. The average molecular weight is 1020 g/mol. The van der Waals surface area contributed by atoms with Crippen molar-refractivity contribution in [2.24, 2.45) is 39.6 Å². The Morgan fingerprint density at radius 1 is 0.507 bits per heavy atom. The fourth-order valence-corrected chi connectivity index (χ4v) is 6.44. The quantitative estimate of drug-likeness (QED) is 0.0155. The molecular weight excluding hydrogens is 941 g/mol. The number of carbonyl (C=O) groups is 11. The molecule has 0 saturated carbocycles. The van der Waals surface area contributed by atoms with Crippen LogP contribution in [0.4, 0.5) is 0 Å². The predicted octanol–water partition coefficient (Wildman–Crippen LogP) is -5.99. The molecule has 0 bridgehead atoms. The number of aliphatic carboxylic acids is 3. The molecule has 8 amide bonds. The number of aliphatic hydroxyl groups is 1. The van der Waals surface area contributed by atoms with Crippen molar-refractivity contribution in [1.82, 2.24) is 42.5 Å². The fraction of sp³-hybridized carbons (Fsp3) is 0.714. The summed E-state index contributed by atoms with van der Waals surface area (Å²) in [6.45, 7) is 3.78. The van der Waals surface area contributed by atoms with Gasteiger partial charge in [0.15, 0.2) is 5.96 Å². The average Bonchev–Trinajstić information content (AvgIpc) is 3.29. The maximum atomic E-state index is 13.7. The van der Waals surface area contributed by atoms with E-state index in [1.54, 1.807) is 13.8 Å². The number of unbranched alkanes of at least 4 members (excludes halogenated alkanes) is 2. The highest BCUT2D eigenvalue weighted by atomic mass is 16.4. The first-order chi connectivity index (χ1) is 33.4. The third-order valence-electron chi connectivity index (χ3n) is 10.4. The first kappa shape index (κ1) is 64.3. The molecule has 0 rings (SSSR count). The lowest BCUT2D eigenvalue weighted by molar-refractivity contribution is -0.142. The number of guanidine groups is 1. The summed E-state index contributed by atoms with van der Waals surface area (Å²) in [6, 6.07) is -11.7. The zero-order valence-corrected chi connectivity index (χ0v) is 40.5. The van der Waals surface area contributed by atoms with Gasteiger partial charge in [-0.2, -0.15) is 0 Å². The molecule has 0 radical (unpaired) electrons. The van der Waals surface area contributed by atoms with E-state index in [2.05, 4.69) is 47.5 Å². The van der Waals surface area contributed by atoms with Crippen molar-refractivity contribution < 1.29 is 73.2 Å². The number of carbonyl (C=O) groups excluding carboxylic acids is 8. The number of nitrogens with two attached hydrogens (primary N) is 5. The Morgan fingerprint density at radius 3 is 1.41 bits per heavy atom. The van der Waals surface area contributed by atoms with Gasteiger partial charge in [0.25, 0.3) is 0 Å². The van der Waals surface area contributed by atoms with Crippen molar-refractivity contribution >= 4 is 71.1 Å². The van der Waals surface area contributed by atoms with Gasteiger partial charge in [0.1, 0.15) is 42.3 Å². The van der Waals surface area contributed by atoms with Gasteiger partial charge in [0.05, 0.1) is 19.2 Å². The standard InChI is InChI=1S/C42H76N14O15/c1-22(2)19-29(51-31(58)20-49-35(64)24(45)9-4-6-16-43)39(68)56-30(21-57)40(69)50-23(3)34(63)52-26(12-14-32(59)60)37(66)54-27(13-15-33(61)62)38(67)53-25(10-5-7-17-44)36(65)55-28(41(70)71)11-8-18-48-42(46)47/h22-30,57H,4-21,43-45H2,1-3H3,(H,49,64)(H,50,69)(H,51,58)(H,52,63)(H,53,67)(H,54,66)(H,55,65)(H,56,68)(H,59,60)(H,61,62)(H,70,71)(H4,46,47,48)/t23-,24-,25-,26-,27-,28-,29-,30-/m0/s1. The Kier molecular flexibility index (Phi) is 32.0. The van der Waals surface area contributed by atoms with Gasteiger partial charge < -0.3 is 91.6 Å². The van der Waals surface area contributed by atoms with Crippen molar-refractivity contribution in [2.75, 3.05) is 32.8 Å². The van der Waals surface area contributed by atoms with Gasteiger partial charge in [-0.3, -0.25) is 52.9 Å². The number of nitrogens with zero attached hydrogens (tertiary/aromatic N) is 1. The van der Waals surface area contributed by atoms with Crippen molar-refractivity contribution in [3.63, 3.8) is 0 Å². The number of carboxylic acids is 3. The second-order valence-corrected chi connectivity index (χ2v) is 17.0. The SMILES string of the molecule is CC(C)C[C@H](NC(=O)CNC(=O)[C@@H](N)CCCCN)C(=O)N[C@@H](CO)C(=O)N[C@@H](C)C(=O)N[C@@H](CCC(=O)O)C(=O)N[C@@H](CCC(=O)O)C(=O)N[C@@H](CCCCN)C(=O)N[C@@H](CCCN=C(N)N)C(=O)O. The number of hydrogen-bond donors (Lipinski definition) is 17. The molecule has 0 aromatic rings. The summed E-state index contributed by atoms with van der Waals surface area (Å²) in [5, 5.41) is 57.3. The Bertz CT molecular complexity index is 1820. The van der Waals surface area contributed by atoms with E-state index in [1.807, 2.05) is 0 Å². The maximum absolute atomic E-state index is 13.7. The summed E-state index contributed by atoms with van der Waals surface area (Å²) in [7, 11) is 0. The van der Waals surface area contributed by atoms with E-state index in [9.17, 15) is 73.2 Å². The first-order valence-corrected chi connectivity index (χ1v) is 23.2. The van der Waals surface area contributed by atoms with Crippen LogP contribution in [0.2, 0.25) is 0 Å². The highest BCUT2D eigenvalue weighted by molar-refractivity contribution is 5.98. The Morgan fingerprint density at radius 2 is 0.944 bits per heavy atom. The summed E-state index contributed by atoms with van der Waals surface area (Å²) < 4.78 is 0. The topological polar surface area (TPSA) is 507 Å². The molecule has 29 nitrogen and oxygen atoms in total. The van der Waals surface area contributed by atoms with E-state index >= 15 is 0 Å². The van der Waals surface area contributed by atoms with Crippen molar-refractivity contribution in [2.45, 2.75) is 153 Å². The fourth-order valence-electron chi connectivity index (χ4n) is 6.44. The molecule has 29 heteroatoms. The van der Waals surface area contributed by atoms with Crippen LogP contribution in [0.25, 0.3) is 0 Å². The van der Waals surface area contributed by atoms with E-state index in [4.69, 9.17) is 28.7 Å². The van der Waals surface area contributed by atoms with Gasteiger partial charge in [-0.1, -0.05) is 20.3 Å². The minimum absolute atomic E-state index is 0.0525. The Labute approximate surface area is 411 Å². The van der Waals surface area contributed by atoms with Crippen LogP contribution in [0.1, 0.15) is 104 Å². The molecule has 0 aliphatic heterocycles. The molecule has 0 spiro atoms. The largest absolute Gasteiger partial charge is 0.481 e. The third-order valence-corrected chi connectivity index (χ3v) is 10.4.